The zero-order chi connectivity index (χ0) is 10.3. The maximum atomic E-state index is 5.88. The van der Waals surface area contributed by atoms with Crippen molar-refractivity contribution in [3.63, 3.8) is 0 Å². The van der Waals surface area contributed by atoms with Gasteiger partial charge in [0.15, 0.2) is 0 Å². The van der Waals surface area contributed by atoms with E-state index in [1.807, 2.05) is 0 Å². The van der Waals surface area contributed by atoms with E-state index in [2.05, 4.69) is 52.0 Å². The standard InChI is InChI=1S/C12H17BO/c1-9-6-5-7-11(8-9)13-10(2)12(3,4)14-13/h5-8,10H,1-4H3. The van der Waals surface area contributed by atoms with E-state index < -0.39 is 0 Å². The zero-order valence-corrected chi connectivity index (χ0v) is 9.37. The predicted octanol–water partition coefficient (Wildman–Crippen LogP) is 2.39. The molecule has 1 atom stereocenters. The van der Waals surface area contributed by atoms with Crippen molar-refractivity contribution in [2.75, 3.05) is 0 Å². The summed E-state index contributed by atoms with van der Waals surface area (Å²) in [6.45, 7) is 8.99. The van der Waals surface area contributed by atoms with Gasteiger partial charge in [-0.2, -0.15) is 0 Å². The first-order chi connectivity index (χ1) is 6.50. The Morgan fingerprint density at radius 1 is 1.36 bits per heavy atom. The molecule has 0 radical (unpaired) electrons. The van der Waals surface area contributed by atoms with E-state index in [4.69, 9.17) is 4.65 Å². The van der Waals surface area contributed by atoms with Crippen LogP contribution in [-0.4, -0.2) is 12.5 Å². The highest BCUT2D eigenvalue weighted by molar-refractivity contribution is 6.71. The normalized spacial score (nSPS) is 24.6. The summed E-state index contributed by atoms with van der Waals surface area (Å²) >= 11 is 0. The summed E-state index contributed by atoms with van der Waals surface area (Å²) in [5.41, 5.74) is 2.67. The molecule has 1 saturated heterocycles. The zero-order valence-electron chi connectivity index (χ0n) is 9.37. The molecule has 1 fully saturated rings. The van der Waals surface area contributed by atoms with Gasteiger partial charge in [0.05, 0.1) is 0 Å². The molecule has 0 aliphatic carbocycles. The average Bonchev–Trinajstić information content (AvgIpc) is 2.14. The highest BCUT2D eigenvalue weighted by Crippen LogP contribution is 2.40. The van der Waals surface area contributed by atoms with E-state index >= 15 is 0 Å². The van der Waals surface area contributed by atoms with Gasteiger partial charge >= 0.3 is 6.92 Å². The van der Waals surface area contributed by atoms with Gasteiger partial charge in [0.2, 0.25) is 0 Å². The van der Waals surface area contributed by atoms with Crippen LogP contribution in [0.15, 0.2) is 24.3 Å². The van der Waals surface area contributed by atoms with Crippen molar-refractivity contribution in [3.05, 3.63) is 29.8 Å². The number of hydrogen-bond acceptors (Lipinski definition) is 1. The summed E-state index contributed by atoms with van der Waals surface area (Å²) in [6, 6.07) is 8.60. The van der Waals surface area contributed by atoms with Crippen molar-refractivity contribution < 1.29 is 4.65 Å². The fourth-order valence-corrected chi connectivity index (χ4v) is 2.03. The Morgan fingerprint density at radius 2 is 2.07 bits per heavy atom. The van der Waals surface area contributed by atoms with Crippen LogP contribution in [-0.2, 0) is 4.65 Å². The van der Waals surface area contributed by atoms with Crippen LogP contribution in [0, 0.1) is 6.92 Å². The minimum absolute atomic E-state index is 0.0500. The highest BCUT2D eigenvalue weighted by Gasteiger charge is 2.49. The van der Waals surface area contributed by atoms with Gasteiger partial charge in [-0.3, -0.25) is 0 Å². The van der Waals surface area contributed by atoms with Crippen LogP contribution in [0.1, 0.15) is 26.3 Å². The van der Waals surface area contributed by atoms with E-state index in [9.17, 15) is 0 Å². The van der Waals surface area contributed by atoms with Gasteiger partial charge in [-0.1, -0.05) is 36.8 Å². The lowest BCUT2D eigenvalue weighted by atomic mass is 9.41. The molecule has 74 valence electrons. The molecule has 0 aromatic heterocycles. The molecular weight excluding hydrogens is 171 g/mol. The predicted molar refractivity (Wildman–Crippen MR) is 61.2 cm³/mol. The second-order valence-corrected chi connectivity index (χ2v) is 4.84. The lowest BCUT2D eigenvalue weighted by molar-refractivity contribution is 0.0384. The molecular formula is C12H17BO. The maximum absolute atomic E-state index is 5.88. The third kappa shape index (κ3) is 1.48. The van der Waals surface area contributed by atoms with Gasteiger partial charge in [-0.15, -0.1) is 0 Å². The molecule has 0 saturated carbocycles. The van der Waals surface area contributed by atoms with Crippen LogP contribution in [0.4, 0.5) is 0 Å². The van der Waals surface area contributed by atoms with Crippen LogP contribution >= 0.6 is 0 Å². The van der Waals surface area contributed by atoms with E-state index in [-0.39, 0.29) is 5.60 Å². The lowest BCUT2D eigenvalue weighted by Crippen LogP contribution is -2.60. The van der Waals surface area contributed by atoms with Gasteiger partial charge in [0.1, 0.15) is 0 Å². The molecule has 1 aliphatic rings. The molecule has 1 unspecified atom stereocenters. The molecule has 0 bridgehead atoms. The van der Waals surface area contributed by atoms with Gasteiger partial charge in [0, 0.05) is 5.60 Å². The first kappa shape index (κ1) is 9.79. The van der Waals surface area contributed by atoms with Gasteiger partial charge in [-0.25, -0.2) is 0 Å². The molecule has 1 aliphatic heterocycles. The minimum atomic E-state index is 0.0500. The first-order valence-corrected chi connectivity index (χ1v) is 5.25. The van der Waals surface area contributed by atoms with Crippen LogP contribution < -0.4 is 5.46 Å². The quantitative estimate of drug-likeness (QED) is 0.615. The molecule has 1 aromatic carbocycles. The molecule has 1 nitrogen and oxygen atoms in total. The Hall–Kier alpha value is -0.755. The summed E-state index contributed by atoms with van der Waals surface area (Å²) < 4.78 is 5.88. The second kappa shape index (κ2) is 3.13. The molecule has 0 N–H and O–H groups in total. The van der Waals surface area contributed by atoms with Crippen LogP contribution in [0.3, 0.4) is 0 Å². The topological polar surface area (TPSA) is 9.23 Å². The number of rotatable bonds is 1. The number of benzene rings is 1. The largest absolute Gasteiger partial charge is 0.426 e. The Kier molecular flexibility index (Phi) is 2.19. The van der Waals surface area contributed by atoms with E-state index in [1.165, 1.54) is 11.0 Å². The summed E-state index contributed by atoms with van der Waals surface area (Å²) in [6.07, 6.45) is 0. The first-order valence-electron chi connectivity index (χ1n) is 5.25. The third-order valence-corrected chi connectivity index (χ3v) is 3.35. The molecule has 2 heteroatoms. The average molecular weight is 188 g/mol. The summed E-state index contributed by atoms with van der Waals surface area (Å²) in [4.78, 5) is 0. The van der Waals surface area contributed by atoms with Crippen molar-refractivity contribution in [1.82, 2.24) is 0 Å². The minimum Gasteiger partial charge on any atom is -0.426 e. The fourth-order valence-electron chi connectivity index (χ4n) is 2.03. The van der Waals surface area contributed by atoms with Gasteiger partial charge in [0.25, 0.3) is 0 Å². The van der Waals surface area contributed by atoms with E-state index in [0.29, 0.717) is 12.7 Å². The molecule has 0 amide bonds. The molecule has 1 heterocycles. The molecule has 14 heavy (non-hydrogen) atoms. The smallest absolute Gasteiger partial charge is 0.332 e. The SMILES string of the molecule is Cc1cccc(B2OC(C)(C)C2C)c1. The Labute approximate surface area is 86.6 Å². The van der Waals surface area contributed by atoms with Crippen molar-refractivity contribution in [3.8, 4) is 0 Å². The number of aryl methyl sites for hydroxylation is 1. The highest BCUT2D eigenvalue weighted by atomic mass is 16.5. The summed E-state index contributed by atoms with van der Waals surface area (Å²) in [5, 5.41) is 0. The monoisotopic (exact) mass is 188 g/mol. The Morgan fingerprint density at radius 3 is 2.57 bits per heavy atom. The van der Waals surface area contributed by atoms with Crippen molar-refractivity contribution in [2.45, 2.75) is 39.1 Å². The maximum Gasteiger partial charge on any atom is 0.332 e. The van der Waals surface area contributed by atoms with Crippen LogP contribution in [0.5, 0.6) is 0 Å². The fraction of sp³-hybridized carbons (Fsp3) is 0.500. The van der Waals surface area contributed by atoms with E-state index in [0.717, 1.165) is 0 Å². The molecule has 1 aromatic rings. The summed E-state index contributed by atoms with van der Waals surface area (Å²) in [7, 11) is 0. The van der Waals surface area contributed by atoms with Crippen LogP contribution in [0.2, 0.25) is 5.82 Å². The second-order valence-electron chi connectivity index (χ2n) is 4.84. The van der Waals surface area contributed by atoms with Crippen molar-refractivity contribution >= 4 is 12.4 Å². The van der Waals surface area contributed by atoms with Crippen LogP contribution in [0.25, 0.3) is 0 Å². The van der Waals surface area contributed by atoms with Gasteiger partial charge < -0.3 is 4.65 Å². The lowest BCUT2D eigenvalue weighted by Gasteiger charge is -2.48. The van der Waals surface area contributed by atoms with E-state index in [1.54, 1.807) is 0 Å². The Balaban J connectivity index is 2.19. The third-order valence-electron chi connectivity index (χ3n) is 3.35. The van der Waals surface area contributed by atoms with Crippen molar-refractivity contribution in [1.29, 1.82) is 0 Å². The molecule has 2 rings (SSSR count). The van der Waals surface area contributed by atoms with Gasteiger partial charge in [-0.05, 0) is 32.1 Å². The summed E-state index contributed by atoms with van der Waals surface area (Å²) in [5.74, 6) is 0.601. The molecule has 0 spiro atoms. The number of hydrogen-bond donors (Lipinski definition) is 0. The Bertz CT molecular complexity index is 346. The van der Waals surface area contributed by atoms with Crippen molar-refractivity contribution in [2.24, 2.45) is 0 Å².